The molecule has 2 aromatic rings. The number of benzene rings is 1. The van der Waals surface area contributed by atoms with Crippen molar-refractivity contribution in [2.75, 3.05) is 43.1 Å². The zero-order valence-electron chi connectivity index (χ0n) is 16.4. The Balaban J connectivity index is 1.44. The fourth-order valence-corrected chi connectivity index (χ4v) is 4.11. The lowest BCUT2D eigenvalue weighted by atomic mass is 10.2. The number of para-hydroxylation sites is 2. The number of nitrogens with zero attached hydrogens (tertiary/aromatic N) is 2. The topological polar surface area (TPSA) is 92.1 Å². The van der Waals surface area contributed by atoms with Gasteiger partial charge in [-0.25, -0.2) is 0 Å². The fraction of sp³-hybridized carbons (Fsp3) is 0.286. The largest absolute Gasteiger partial charge is 0.462 e. The first-order valence-electron chi connectivity index (χ1n) is 9.54. The van der Waals surface area contributed by atoms with Crippen LogP contribution in [0.25, 0.3) is 6.08 Å². The average molecular weight is 427 g/mol. The Kier molecular flexibility index (Phi) is 5.91. The van der Waals surface area contributed by atoms with E-state index < -0.39 is 17.1 Å². The number of rotatable bonds is 5. The normalized spacial score (nSPS) is 18.4. The van der Waals surface area contributed by atoms with Gasteiger partial charge in [0.2, 0.25) is 5.91 Å². The van der Waals surface area contributed by atoms with Gasteiger partial charge in [0.25, 0.3) is 11.1 Å². The van der Waals surface area contributed by atoms with Crippen molar-refractivity contribution < 1.29 is 23.5 Å². The summed E-state index contributed by atoms with van der Waals surface area (Å²) in [6.45, 7) is 4.15. The number of furan rings is 1. The van der Waals surface area contributed by atoms with Gasteiger partial charge >= 0.3 is 0 Å². The molecule has 0 unspecified atom stereocenters. The number of aryl methyl sites for hydroxylation is 1. The third-order valence-corrected chi connectivity index (χ3v) is 5.65. The molecule has 1 N–H and O–H groups in total. The molecule has 1 aromatic heterocycles. The zero-order valence-corrected chi connectivity index (χ0v) is 17.2. The highest BCUT2D eigenvalue weighted by Crippen LogP contribution is 2.32. The van der Waals surface area contributed by atoms with E-state index in [4.69, 9.17) is 9.15 Å². The van der Waals surface area contributed by atoms with Crippen LogP contribution in [-0.2, 0) is 14.3 Å². The molecule has 4 rings (SSSR count). The number of nitrogens with one attached hydrogen (secondary N) is 1. The van der Waals surface area contributed by atoms with E-state index in [1.165, 1.54) is 6.08 Å². The van der Waals surface area contributed by atoms with E-state index in [9.17, 15) is 14.4 Å². The quantitative estimate of drug-likeness (QED) is 0.733. The number of ether oxygens (including phenoxy) is 1. The summed E-state index contributed by atoms with van der Waals surface area (Å²) in [7, 11) is 0. The summed E-state index contributed by atoms with van der Waals surface area (Å²) in [6.07, 6.45) is 1.52. The maximum atomic E-state index is 12.6. The Morgan fingerprint density at radius 1 is 1.17 bits per heavy atom. The molecule has 0 radical (unpaired) electrons. The molecule has 2 aliphatic rings. The van der Waals surface area contributed by atoms with Gasteiger partial charge in [-0.1, -0.05) is 12.1 Å². The first kappa shape index (κ1) is 20.2. The first-order chi connectivity index (χ1) is 14.5. The molecule has 0 spiro atoms. The predicted molar refractivity (Wildman–Crippen MR) is 114 cm³/mol. The van der Waals surface area contributed by atoms with Crippen LogP contribution in [0.5, 0.6) is 0 Å². The Bertz CT molecular complexity index is 1010. The van der Waals surface area contributed by atoms with Crippen LogP contribution in [0.1, 0.15) is 11.5 Å². The standard InChI is InChI=1S/C21H21N3O5S/c1-14-6-7-15(29-14)12-18-20(26)24(21(27)30-18)13-19(25)22-16-4-2-3-5-17(16)23-8-10-28-11-9-23/h2-7,12H,8-11,13H2,1H3,(H,22,25)/b18-12+. The van der Waals surface area contributed by atoms with E-state index in [0.29, 0.717) is 30.4 Å². The molecule has 2 aliphatic heterocycles. The second-order valence-corrected chi connectivity index (χ2v) is 7.87. The maximum Gasteiger partial charge on any atom is 0.294 e. The lowest BCUT2D eigenvalue weighted by molar-refractivity contribution is -0.127. The minimum absolute atomic E-state index is 0.232. The molecule has 1 aromatic carbocycles. The summed E-state index contributed by atoms with van der Waals surface area (Å²) in [5, 5.41) is 2.35. The maximum absolute atomic E-state index is 12.6. The molecule has 3 amide bonds. The highest BCUT2D eigenvalue weighted by atomic mass is 32.2. The minimum atomic E-state index is -0.504. The van der Waals surface area contributed by atoms with Crippen LogP contribution in [0.15, 0.2) is 45.7 Å². The van der Waals surface area contributed by atoms with E-state index in [1.807, 2.05) is 18.2 Å². The van der Waals surface area contributed by atoms with Crippen LogP contribution in [-0.4, -0.2) is 54.8 Å². The SMILES string of the molecule is Cc1ccc(/C=C2/SC(=O)N(CC(=O)Nc3ccccc3N3CCOCC3)C2=O)o1. The number of morpholine rings is 1. The van der Waals surface area contributed by atoms with Crippen LogP contribution in [0.4, 0.5) is 16.2 Å². The number of thioether (sulfide) groups is 1. The number of imide groups is 1. The molecule has 30 heavy (non-hydrogen) atoms. The van der Waals surface area contributed by atoms with Crippen molar-refractivity contribution in [1.82, 2.24) is 4.90 Å². The highest BCUT2D eigenvalue weighted by Gasteiger charge is 2.36. The Morgan fingerprint density at radius 2 is 1.93 bits per heavy atom. The summed E-state index contributed by atoms with van der Waals surface area (Å²) in [4.78, 5) is 40.8. The lowest BCUT2D eigenvalue weighted by Gasteiger charge is -2.30. The fourth-order valence-electron chi connectivity index (χ4n) is 3.29. The number of anilines is 2. The number of hydrogen-bond donors (Lipinski definition) is 1. The van der Waals surface area contributed by atoms with Gasteiger partial charge in [0, 0.05) is 19.2 Å². The van der Waals surface area contributed by atoms with E-state index >= 15 is 0 Å². The van der Waals surface area contributed by atoms with Gasteiger partial charge in [-0.2, -0.15) is 0 Å². The van der Waals surface area contributed by atoms with Gasteiger partial charge in [-0.3, -0.25) is 19.3 Å². The van der Waals surface area contributed by atoms with E-state index in [1.54, 1.807) is 25.1 Å². The van der Waals surface area contributed by atoms with Crippen molar-refractivity contribution in [1.29, 1.82) is 0 Å². The van der Waals surface area contributed by atoms with Crippen molar-refractivity contribution >= 4 is 46.3 Å². The highest BCUT2D eigenvalue weighted by molar-refractivity contribution is 8.18. The van der Waals surface area contributed by atoms with Crippen LogP contribution >= 0.6 is 11.8 Å². The molecular formula is C21H21N3O5S. The van der Waals surface area contributed by atoms with Gasteiger partial charge in [0.05, 0.1) is 29.5 Å². The van der Waals surface area contributed by atoms with Crippen molar-refractivity contribution in [2.24, 2.45) is 0 Å². The van der Waals surface area contributed by atoms with Crippen molar-refractivity contribution in [3.05, 3.63) is 52.8 Å². The molecule has 0 aliphatic carbocycles. The Hall–Kier alpha value is -3.04. The van der Waals surface area contributed by atoms with Crippen molar-refractivity contribution in [3.63, 3.8) is 0 Å². The van der Waals surface area contributed by atoms with E-state index in [0.717, 1.165) is 35.4 Å². The van der Waals surface area contributed by atoms with E-state index in [2.05, 4.69) is 10.2 Å². The van der Waals surface area contributed by atoms with Gasteiger partial charge < -0.3 is 19.4 Å². The van der Waals surface area contributed by atoms with Crippen LogP contribution in [0.3, 0.4) is 0 Å². The summed E-state index contributed by atoms with van der Waals surface area (Å²) in [6, 6.07) is 10.9. The average Bonchev–Trinajstić information content (AvgIpc) is 3.27. The second-order valence-electron chi connectivity index (χ2n) is 6.88. The summed E-state index contributed by atoms with van der Waals surface area (Å²) in [5.74, 6) is 0.254. The molecule has 0 bridgehead atoms. The third-order valence-electron chi connectivity index (χ3n) is 4.74. The molecule has 0 saturated carbocycles. The third kappa shape index (κ3) is 4.42. The molecule has 0 atom stereocenters. The van der Waals surface area contributed by atoms with Crippen LogP contribution in [0.2, 0.25) is 0 Å². The van der Waals surface area contributed by atoms with Crippen LogP contribution < -0.4 is 10.2 Å². The van der Waals surface area contributed by atoms with Gasteiger partial charge in [0.1, 0.15) is 18.1 Å². The first-order valence-corrected chi connectivity index (χ1v) is 10.4. The van der Waals surface area contributed by atoms with Gasteiger partial charge in [-0.05, 0) is 43.0 Å². The Morgan fingerprint density at radius 3 is 2.67 bits per heavy atom. The molecule has 3 heterocycles. The van der Waals surface area contributed by atoms with Gasteiger partial charge in [-0.15, -0.1) is 0 Å². The molecule has 156 valence electrons. The monoisotopic (exact) mass is 427 g/mol. The predicted octanol–water partition coefficient (Wildman–Crippen LogP) is 3.10. The smallest absolute Gasteiger partial charge is 0.294 e. The van der Waals surface area contributed by atoms with Crippen molar-refractivity contribution in [3.8, 4) is 0 Å². The van der Waals surface area contributed by atoms with E-state index in [-0.39, 0.29) is 11.4 Å². The summed E-state index contributed by atoms with van der Waals surface area (Å²) < 4.78 is 10.8. The minimum Gasteiger partial charge on any atom is -0.462 e. The number of carbonyl (C=O) groups is 3. The second kappa shape index (κ2) is 8.76. The van der Waals surface area contributed by atoms with Gasteiger partial charge in [0.15, 0.2) is 0 Å². The van der Waals surface area contributed by atoms with Crippen molar-refractivity contribution in [2.45, 2.75) is 6.92 Å². The molecule has 2 fully saturated rings. The van der Waals surface area contributed by atoms with Crippen LogP contribution in [0, 0.1) is 6.92 Å². The molecule has 8 nitrogen and oxygen atoms in total. The number of amides is 3. The zero-order chi connectivity index (χ0) is 21.1. The summed E-state index contributed by atoms with van der Waals surface area (Å²) >= 11 is 0.796. The molecule has 2 saturated heterocycles. The number of carbonyl (C=O) groups excluding carboxylic acids is 3. The Labute approximate surface area is 177 Å². The number of hydrogen-bond acceptors (Lipinski definition) is 7. The molecule has 9 heteroatoms. The summed E-state index contributed by atoms with van der Waals surface area (Å²) in [5.41, 5.74) is 1.52. The molecular weight excluding hydrogens is 406 g/mol. The lowest BCUT2D eigenvalue weighted by Crippen LogP contribution is -2.38.